The summed E-state index contributed by atoms with van der Waals surface area (Å²) in [4.78, 5) is 0. The van der Waals surface area contributed by atoms with Crippen LogP contribution in [0.3, 0.4) is 0 Å². The molecule has 96 valence electrons. The van der Waals surface area contributed by atoms with Gasteiger partial charge in [0, 0.05) is 17.8 Å². The first kappa shape index (κ1) is 11.6. The van der Waals surface area contributed by atoms with E-state index in [1.54, 1.807) is 11.0 Å². The second-order valence-electron chi connectivity index (χ2n) is 4.58. The molecular formula is C13H14N6. The van der Waals surface area contributed by atoms with Crippen LogP contribution in [0.1, 0.15) is 19.9 Å². The Bertz CT molecular complexity index is 668. The Labute approximate surface area is 110 Å². The monoisotopic (exact) mass is 254 g/mol. The van der Waals surface area contributed by atoms with E-state index in [2.05, 4.69) is 34.5 Å². The largest absolute Gasteiger partial charge is 0.270 e. The molecule has 0 saturated carbocycles. The second-order valence-corrected chi connectivity index (χ2v) is 4.58. The molecule has 0 aliphatic heterocycles. The molecule has 1 aromatic carbocycles. The van der Waals surface area contributed by atoms with Crippen LogP contribution in [0, 0.1) is 0 Å². The lowest BCUT2D eigenvalue weighted by molar-refractivity contribution is 0.534. The van der Waals surface area contributed by atoms with Gasteiger partial charge in [-0.05, 0) is 42.5 Å². The van der Waals surface area contributed by atoms with Gasteiger partial charge in [0.05, 0.1) is 11.4 Å². The molecule has 0 radical (unpaired) electrons. The van der Waals surface area contributed by atoms with Crippen LogP contribution in [-0.4, -0.2) is 30.0 Å². The molecule has 0 fully saturated rings. The molecule has 2 aromatic heterocycles. The van der Waals surface area contributed by atoms with Gasteiger partial charge in [0.15, 0.2) is 0 Å². The van der Waals surface area contributed by atoms with Crippen LogP contribution in [0.2, 0.25) is 0 Å². The van der Waals surface area contributed by atoms with Crippen LogP contribution in [0.4, 0.5) is 0 Å². The van der Waals surface area contributed by atoms with Crippen molar-refractivity contribution in [2.75, 3.05) is 0 Å². The van der Waals surface area contributed by atoms with Crippen molar-refractivity contribution in [2.24, 2.45) is 0 Å². The normalized spacial score (nSPS) is 11.1. The zero-order valence-corrected chi connectivity index (χ0v) is 10.8. The molecule has 2 heterocycles. The standard InChI is InChI=1S/C13H14N6/c1-10(2)18-7-6-13(15-18)11-4-3-5-12(8-11)19-9-14-16-17-19/h3-10H,1-2H3. The SMILES string of the molecule is CC(C)n1ccc(-c2cccc(-n3cnnn3)c2)n1. The zero-order chi connectivity index (χ0) is 13.2. The maximum absolute atomic E-state index is 4.56. The van der Waals surface area contributed by atoms with Gasteiger partial charge >= 0.3 is 0 Å². The molecule has 6 heteroatoms. The van der Waals surface area contributed by atoms with E-state index in [0.29, 0.717) is 6.04 Å². The van der Waals surface area contributed by atoms with E-state index in [1.807, 2.05) is 41.2 Å². The lowest BCUT2D eigenvalue weighted by Crippen LogP contribution is -2.01. The Hall–Kier alpha value is -2.50. The van der Waals surface area contributed by atoms with E-state index < -0.39 is 0 Å². The summed E-state index contributed by atoms with van der Waals surface area (Å²) < 4.78 is 3.57. The highest BCUT2D eigenvalue weighted by Crippen LogP contribution is 2.20. The fourth-order valence-corrected chi connectivity index (χ4v) is 1.87. The number of rotatable bonds is 3. The molecule has 0 spiro atoms. The average Bonchev–Trinajstić information content (AvgIpc) is 3.10. The van der Waals surface area contributed by atoms with E-state index in [1.165, 1.54) is 0 Å². The summed E-state index contributed by atoms with van der Waals surface area (Å²) in [5.41, 5.74) is 2.91. The number of hydrogen-bond acceptors (Lipinski definition) is 4. The van der Waals surface area contributed by atoms with E-state index in [0.717, 1.165) is 16.9 Å². The van der Waals surface area contributed by atoms with Crippen LogP contribution in [0.25, 0.3) is 16.9 Å². The van der Waals surface area contributed by atoms with Crippen molar-refractivity contribution in [1.82, 2.24) is 30.0 Å². The molecule has 19 heavy (non-hydrogen) atoms. The molecule has 0 saturated heterocycles. The first-order valence-electron chi connectivity index (χ1n) is 6.13. The van der Waals surface area contributed by atoms with E-state index in [4.69, 9.17) is 0 Å². The molecule has 0 atom stereocenters. The summed E-state index contributed by atoms with van der Waals surface area (Å²) in [7, 11) is 0. The molecular weight excluding hydrogens is 240 g/mol. The van der Waals surface area contributed by atoms with Gasteiger partial charge in [0.25, 0.3) is 0 Å². The maximum Gasteiger partial charge on any atom is 0.143 e. The second kappa shape index (κ2) is 4.64. The van der Waals surface area contributed by atoms with Crippen molar-refractivity contribution in [3.63, 3.8) is 0 Å². The predicted octanol–water partition coefficient (Wildman–Crippen LogP) is 2.11. The van der Waals surface area contributed by atoms with E-state index in [-0.39, 0.29) is 0 Å². The van der Waals surface area contributed by atoms with Gasteiger partial charge in [-0.15, -0.1) is 5.10 Å². The number of nitrogens with zero attached hydrogens (tertiary/aromatic N) is 6. The average molecular weight is 254 g/mol. The quantitative estimate of drug-likeness (QED) is 0.718. The highest BCUT2D eigenvalue weighted by molar-refractivity contribution is 5.61. The molecule has 0 amide bonds. The van der Waals surface area contributed by atoms with Gasteiger partial charge in [0.2, 0.25) is 0 Å². The molecule has 0 aliphatic carbocycles. The van der Waals surface area contributed by atoms with Gasteiger partial charge in [-0.3, -0.25) is 4.68 Å². The summed E-state index contributed by atoms with van der Waals surface area (Å²) >= 11 is 0. The number of benzene rings is 1. The van der Waals surface area contributed by atoms with E-state index >= 15 is 0 Å². The lowest BCUT2D eigenvalue weighted by Gasteiger charge is -2.04. The van der Waals surface area contributed by atoms with Crippen LogP contribution in [0.5, 0.6) is 0 Å². The summed E-state index contributed by atoms with van der Waals surface area (Å²) in [5, 5.41) is 15.7. The van der Waals surface area contributed by atoms with Crippen LogP contribution in [0.15, 0.2) is 42.9 Å². The maximum atomic E-state index is 4.56. The lowest BCUT2D eigenvalue weighted by atomic mass is 10.1. The van der Waals surface area contributed by atoms with Crippen LogP contribution >= 0.6 is 0 Å². The first-order chi connectivity index (χ1) is 9.24. The van der Waals surface area contributed by atoms with Crippen molar-refractivity contribution in [2.45, 2.75) is 19.9 Å². The minimum absolute atomic E-state index is 0.358. The Morgan fingerprint density at radius 1 is 1.16 bits per heavy atom. The molecule has 6 nitrogen and oxygen atoms in total. The minimum Gasteiger partial charge on any atom is -0.270 e. The first-order valence-corrected chi connectivity index (χ1v) is 6.13. The molecule has 3 aromatic rings. The van der Waals surface area contributed by atoms with Crippen molar-refractivity contribution < 1.29 is 0 Å². The Morgan fingerprint density at radius 2 is 2.05 bits per heavy atom. The summed E-state index contributed by atoms with van der Waals surface area (Å²) in [6.45, 7) is 4.21. The summed E-state index contributed by atoms with van der Waals surface area (Å²) in [6.07, 6.45) is 3.57. The third kappa shape index (κ3) is 2.24. The van der Waals surface area contributed by atoms with Crippen molar-refractivity contribution in [1.29, 1.82) is 0 Å². The van der Waals surface area contributed by atoms with Crippen molar-refractivity contribution >= 4 is 0 Å². The van der Waals surface area contributed by atoms with E-state index in [9.17, 15) is 0 Å². The molecule has 3 rings (SSSR count). The molecule has 0 aliphatic rings. The zero-order valence-electron chi connectivity index (χ0n) is 10.8. The molecule has 0 unspecified atom stereocenters. The van der Waals surface area contributed by atoms with Gasteiger partial charge in [-0.25, -0.2) is 4.68 Å². The topological polar surface area (TPSA) is 61.4 Å². The molecule has 0 bridgehead atoms. The fraction of sp³-hybridized carbons (Fsp3) is 0.231. The number of aromatic nitrogens is 6. The van der Waals surface area contributed by atoms with Crippen LogP contribution in [-0.2, 0) is 0 Å². The highest BCUT2D eigenvalue weighted by atomic mass is 15.5. The highest BCUT2D eigenvalue weighted by Gasteiger charge is 2.06. The smallest absolute Gasteiger partial charge is 0.143 e. The van der Waals surface area contributed by atoms with Crippen molar-refractivity contribution in [3.05, 3.63) is 42.9 Å². The predicted molar refractivity (Wildman–Crippen MR) is 70.8 cm³/mol. The van der Waals surface area contributed by atoms with Crippen LogP contribution < -0.4 is 0 Å². The van der Waals surface area contributed by atoms with Gasteiger partial charge in [-0.2, -0.15) is 5.10 Å². The van der Waals surface area contributed by atoms with Crippen molar-refractivity contribution in [3.8, 4) is 16.9 Å². The van der Waals surface area contributed by atoms with Gasteiger partial charge in [0.1, 0.15) is 6.33 Å². The third-order valence-corrected chi connectivity index (χ3v) is 2.89. The number of tetrazole rings is 1. The summed E-state index contributed by atoms with van der Waals surface area (Å²) in [5.74, 6) is 0. The third-order valence-electron chi connectivity index (χ3n) is 2.89. The Balaban J connectivity index is 1.99. The molecule has 0 N–H and O–H groups in total. The Kier molecular flexibility index (Phi) is 2.83. The van der Waals surface area contributed by atoms with Gasteiger partial charge < -0.3 is 0 Å². The fourth-order valence-electron chi connectivity index (χ4n) is 1.87. The summed E-state index contributed by atoms with van der Waals surface area (Å²) in [6, 6.07) is 10.3. The number of hydrogen-bond donors (Lipinski definition) is 0. The van der Waals surface area contributed by atoms with Gasteiger partial charge in [-0.1, -0.05) is 12.1 Å². The minimum atomic E-state index is 0.358. The Morgan fingerprint density at radius 3 is 2.74 bits per heavy atom.